The van der Waals surface area contributed by atoms with Gasteiger partial charge in [-0.1, -0.05) is 20.3 Å². The van der Waals surface area contributed by atoms with Crippen LogP contribution in [0.15, 0.2) is 0 Å². The predicted octanol–water partition coefficient (Wildman–Crippen LogP) is 1.11. The maximum absolute atomic E-state index is 5.60. The molecule has 3 N–H and O–H groups in total. The van der Waals surface area contributed by atoms with E-state index in [0.717, 1.165) is 12.5 Å². The Morgan fingerprint density at radius 3 is 2.73 bits per heavy atom. The normalized spacial score (nSPS) is 32.7. The minimum Gasteiger partial charge on any atom is -0.329 e. The molecule has 0 aliphatic carbocycles. The first-order valence-corrected chi connectivity index (χ1v) is 4.70. The molecule has 0 amide bonds. The van der Waals surface area contributed by atoms with Crippen molar-refractivity contribution in [1.29, 1.82) is 0 Å². The highest BCUT2D eigenvalue weighted by Crippen LogP contribution is 2.17. The summed E-state index contributed by atoms with van der Waals surface area (Å²) in [4.78, 5) is 0. The number of nitrogens with two attached hydrogens (primary N) is 1. The predicted molar refractivity (Wildman–Crippen MR) is 48.5 cm³/mol. The third kappa shape index (κ3) is 2.46. The van der Waals surface area contributed by atoms with Gasteiger partial charge in [0.1, 0.15) is 0 Å². The monoisotopic (exact) mass is 156 g/mol. The summed E-state index contributed by atoms with van der Waals surface area (Å²) in [7, 11) is 0. The molecule has 0 saturated carbocycles. The second-order valence-corrected chi connectivity index (χ2v) is 3.88. The van der Waals surface area contributed by atoms with Crippen LogP contribution in [0.4, 0.5) is 0 Å². The lowest BCUT2D eigenvalue weighted by atomic mass is 9.91. The largest absolute Gasteiger partial charge is 0.329 e. The molecule has 2 atom stereocenters. The third-order valence-corrected chi connectivity index (χ3v) is 2.61. The first-order chi connectivity index (χ1) is 5.24. The molecule has 66 valence electrons. The van der Waals surface area contributed by atoms with Crippen molar-refractivity contribution < 1.29 is 0 Å². The third-order valence-electron chi connectivity index (χ3n) is 2.61. The summed E-state index contributed by atoms with van der Waals surface area (Å²) in [5, 5.41) is 3.58. The molecule has 1 fully saturated rings. The van der Waals surface area contributed by atoms with E-state index < -0.39 is 0 Å². The molecule has 1 rings (SSSR count). The van der Waals surface area contributed by atoms with Crippen LogP contribution in [0.2, 0.25) is 0 Å². The maximum Gasteiger partial charge on any atom is 0.0192 e. The van der Waals surface area contributed by atoms with Gasteiger partial charge in [-0.3, -0.25) is 0 Å². The molecular weight excluding hydrogens is 136 g/mol. The first kappa shape index (κ1) is 9.01. The van der Waals surface area contributed by atoms with Crippen molar-refractivity contribution in [2.45, 2.75) is 45.2 Å². The van der Waals surface area contributed by atoms with Crippen molar-refractivity contribution in [3.05, 3.63) is 0 Å². The quantitative estimate of drug-likeness (QED) is 0.628. The molecule has 1 aliphatic rings. The Morgan fingerprint density at radius 2 is 2.18 bits per heavy atom. The van der Waals surface area contributed by atoms with Gasteiger partial charge in [0.15, 0.2) is 0 Å². The summed E-state index contributed by atoms with van der Waals surface area (Å²) in [6, 6.07) is 1.29. The minimum atomic E-state index is 0.580. The SMILES string of the molecule is CC(C)C1CCCC(CN)N1. The number of hydrogen-bond acceptors (Lipinski definition) is 2. The second-order valence-electron chi connectivity index (χ2n) is 3.88. The Labute approximate surface area is 69.5 Å². The molecule has 0 bridgehead atoms. The smallest absolute Gasteiger partial charge is 0.0192 e. The van der Waals surface area contributed by atoms with Gasteiger partial charge in [-0.05, 0) is 18.8 Å². The van der Waals surface area contributed by atoms with Gasteiger partial charge in [-0.2, -0.15) is 0 Å². The van der Waals surface area contributed by atoms with Crippen LogP contribution in [0.5, 0.6) is 0 Å². The van der Waals surface area contributed by atoms with E-state index in [1.54, 1.807) is 0 Å². The van der Waals surface area contributed by atoms with Crippen LogP contribution < -0.4 is 11.1 Å². The molecule has 0 radical (unpaired) electrons. The zero-order chi connectivity index (χ0) is 8.27. The van der Waals surface area contributed by atoms with Crippen molar-refractivity contribution in [3.8, 4) is 0 Å². The van der Waals surface area contributed by atoms with Gasteiger partial charge in [0.2, 0.25) is 0 Å². The molecule has 0 aromatic carbocycles. The van der Waals surface area contributed by atoms with Crippen LogP contribution in [0, 0.1) is 5.92 Å². The molecule has 0 aromatic heterocycles. The number of hydrogen-bond donors (Lipinski definition) is 2. The van der Waals surface area contributed by atoms with Gasteiger partial charge < -0.3 is 11.1 Å². The summed E-state index contributed by atoms with van der Waals surface area (Å²) in [6.45, 7) is 5.34. The fourth-order valence-electron chi connectivity index (χ4n) is 1.77. The van der Waals surface area contributed by atoms with Crippen LogP contribution in [-0.2, 0) is 0 Å². The average Bonchev–Trinajstić information content (AvgIpc) is 2.05. The van der Waals surface area contributed by atoms with Gasteiger partial charge in [0.05, 0.1) is 0 Å². The summed E-state index contributed by atoms with van der Waals surface area (Å²) < 4.78 is 0. The van der Waals surface area contributed by atoms with Crippen LogP contribution in [0.25, 0.3) is 0 Å². The second kappa shape index (κ2) is 4.07. The maximum atomic E-state index is 5.60. The van der Waals surface area contributed by atoms with Crippen molar-refractivity contribution >= 4 is 0 Å². The molecule has 1 heterocycles. The molecule has 0 spiro atoms. The van der Waals surface area contributed by atoms with Crippen molar-refractivity contribution in [3.63, 3.8) is 0 Å². The topological polar surface area (TPSA) is 38.0 Å². The van der Waals surface area contributed by atoms with E-state index in [0.29, 0.717) is 12.1 Å². The average molecular weight is 156 g/mol. The molecule has 2 unspecified atom stereocenters. The minimum absolute atomic E-state index is 0.580. The van der Waals surface area contributed by atoms with E-state index in [4.69, 9.17) is 5.73 Å². The van der Waals surface area contributed by atoms with E-state index in [1.165, 1.54) is 19.3 Å². The Balaban J connectivity index is 2.33. The van der Waals surface area contributed by atoms with E-state index >= 15 is 0 Å². The van der Waals surface area contributed by atoms with E-state index in [1.807, 2.05) is 0 Å². The van der Waals surface area contributed by atoms with Crippen molar-refractivity contribution in [1.82, 2.24) is 5.32 Å². The Morgan fingerprint density at radius 1 is 1.45 bits per heavy atom. The molecular formula is C9H20N2. The molecule has 0 aromatic rings. The summed E-state index contributed by atoms with van der Waals surface area (Å²) >= 11 is 0. The van der Waals surface area contributed by atoms with Gasteiger partial charge in [-0.15, -0.1) is 0 Å². The van der Waals surface area contributed by atoms with Gasteiger partial charge in [0, 0.05) is 18.6 Å². The highest BCUT2D eigenvalue weighted by Gasteiger charge is 2.21. The summed E-state index contributed by atoms with van der Waals surface area (Å²) in [5.74, 6) is 0.754. The number of rotatable bonds is 2. The van der Waals surface area contributed by atoms with Crippen LogP contribution in [-0.4, -0.2) is 18.6 Å². The Bertz CT molecular complexity index is 112. The summed E-state index contributed by atoms with van der Waals surface area (Å²) in [6.07, 6.45) is 3.94. The fourth-order valence-corrected chi connectivity index (χ4v) is 1.77. The zero-order valence-electron chi connectivity index (χ0n) is 7.64. The van der Waals surface area contributed by atoms with Crippen LogP contribution in [0.1, 0.15) is 33.1 Å². The number of piperidine rings is 1. The van der Waals surface area contributed by atoms with Gasteiger partial charge >= 0.3 is 0 Å². The van der Waals surface area contributed by atoms with Crippen LogP contribution >= 0.6 is 0 Å². The Hall–Kier alpha value is -0.0800. The first-order valence-electron chi connectivity index (χ1n) is 4.70. The van der Waals surface area contributed by atoms with Crippen molar-refractivity contribution in [2.24, 2.45) is 11.7 Å². The van der Waals surface area contributed by atoms with Gasteiger partial charge in [-0.25, -0.2) is 0 Å². The highest BCUT2D eigenvalue weighted by atomic mass is 15.0. The van der Waals surface area contributed by atoms with Crippen LogP contribution in [0.3, 0.4) is 0 Å². The molecule has 11 heavy (non-hydrogen) atoms. The highest BCUT2D eigenvalue weighted by molar-refractivity contribution is 4.82. The van der Waals surface area contributed by atoms with E-state index in [2.05, 4.69) is 19.2 Å². The lowest BCUT2D eigenvalue weighted by molar-refractivity contribution is 0.271. The lowest BCUT2D eigenvalue weighted by Crippen LogP contribution is -2.48. The fraction of sp³-hybridized carbons (Fsp3) is 1.00. The van der Waals surface area contributed by atoms with E-state index in [9.17, 15) is 0 Å². The number of nitrogens with one attached hydrogen (secondary N) is 1. The summed E-state index contributed by atoms with van der Waals surface area (Å²) in [5.41, 5.74) is 5.60. The zero-order valence-corrected chi connectivity index (χ0v) is 7.64. The van der Waals surface area contributed by atoms with Gasteiger partial charge in [0.25, 0.3) is 0 Å². The molecule has 1 aliphatic heterocycles. The molecule has 1 saturated heterocycles. The Kier molecular flexibility index (Phi) is 3.34. The molecule has 2 heteroatoms. The van der Waals surface area contributed by atoms with Crippen molar-refractivity contribution in [2.75, 3.05) is 6.54 Å². The standard InChI is InChI=1S/C9H20N2/c1-7(2)9-5-3-4-8(6-10)11-9/h7-9,11H,3-6,10H2,1-2H3. The molecule has 2 nitrogen and oxygen atoms in total. The van der Waals surface area contributed by atoms with E-state index in [-0.39, 0.29) is 0 Å². The lowest BCUT2D eigenvalue weighted by Gasteiger charge is -2.32.